The summed E-state index contributed by atoms with van der Waals surface area (Å²) in [4.78, 5) is 34.7. The first-order chi connectivity index (χ1) is 16.4. The van der Waals surface area contributed by atoms with Crippen molar-refractivity contribution in [2.75, 3.05) is 5.75 Å². The summed E-state index contributed by atoms with van der Waals surface area (Å²) in [6.45, 7) is 2.61. The molecule has 1 aliphatic heterocycles. The fourth-order valence-electron chi connectivity index (χ4n) is 3.37. The first-order valence-electron chi connectivity index (χ1n) is 11.2. The summed E-state index contributed by atoms with van der Waals surface area (Å²) in [6.07, 6.45) is 8.43. The molecular formula is C26H28O6S2. The summed E-state index contributed by atoms with van der Waals surface area (Å²) in [6, 6.07) is 12.0. The second-order valence-electron chi connectivity index (χ2n) is 7.88. The third kappa shape index (κ3) is 9.27. The van der Waals surface area contributed by atoms with Crippen LogP contribution < -0.4 is 14.2 Å². The van der Waals surface area contributed by atoms with Crippen LogP contribution in [0.3, 0.4) is 0 Å². The van der Waals surface area contributed by atoms with Crippen molar-refractivity contribution in [1.29, 1.82) is 0 Å². The zero-order chi connectivity index (χ0) is 24.3. The Bertz CT molecular complexity index is 992. The molecule has 1 aliphatic rings. The topological polar surface area (TPSA) is 78.9 Å². The van der Waals surface area contributed by atoms with E-state index in [1.54, 1.807) is 24.3 Å². The van der Waals surface area contributed by atoms with Gasteiger partial charge in [-0.25, -0.2) is 0 Å². The molecule has 2 aromatic carbocycles. The standard InChI is InChI=1S/C26H28O6S2/c1-18(27)30-23-15-21(16-24(17-23)31-19(2)28)8-7-20-9-11-22(12-10-20)32-26(29)6-4-3-5-25-13-14-33-34-25/h7-12,15-17,25H,3-6,13-14H2,1-2H3. The molecule has 2 aromatic rings. The largest absolute Gasteiger partial charge is 0.427 e. The number of benzene rings is 2. The van der Waals surface area contributed by atoms with Gasteiger partial charge in [-0.3, -0.25) is 14.4 Å². The highest BCUT2D eigenvalue weighted by molar-refractivity contribution is 8.77. The van der Waals surface area contributed by atoms with Gasteiger partial charge in [0.05, 0.1) is 0 Å². The van der Waals surface area contributed by atoms with E-state index in [2.05, 4.69) is 0 Å². The van der Waals surface area contributed by atoms with E-state index < -0.39 is 11.9 Å². The van der Waals surface area contributed by atoms with Gasteiger partial charge < -0.3 is 14.2 Å². The second-order valence-corrected chi connectivity index (χ2v) is 10.7. The van der Waals surface area contributed by atoms with Gasteiger partial charge in [0.2, 0.25) is 0 Å². The number of esters is 3. The van der Waals surface area contributed by atoms with Crippen molar-refractivity contribution in [1.82, 2.24) is 0 Å². The zero-order valence-electron chi connectivity index (χ0n) is 19.3. The smallest absolute Gasteiger partial charge is 0.311 e. The molecule has 6 nitrogen and oxygen atoms in total. The number of hydrogen-bond donors (Lipinski definition) is 0. The van der Waals surface area contributed by atoms with Crippen molar-refractivity contribution in [3.63, 3.8) is 0 Å². The maximum atomic E-state index is 12.1. The highest BCUT2D eigenvalue weighted by atomic mass is 33.1. The molecule has 1 saturated heterocycles. The van der Waals surface area contributed by atoms with E-state index in [4.69, 9.17) is 14.2 Å². The summed E-state index contributed by atoms with van der Waals surface area (Å²) in [5.74, 6) is 1.18. The molecule has 0 bridgehead atoms. The van der Waals surface area contributed by atoms with Gasteiger partial charge in [-0.2, -0.15) is 0 Å². The van der Waals surface area contributed by atoms with Crippen molar-refractivity contribution < 1.29 is 28.6 Å². The van der Waals surface area contributed by atoms with Crippen LogP contribution in [0.2, 0.25) is 0 Å². The van der Waals surface area contributed by atoms with Gasteiger partial charge in [0.1, 0.15) is 17.2 Å². The maximum absolute atomic E-state index is 12.1. The molecule has 180 valence electrons. The summed E-state index contributed by atoms with van der Waals surface area (Å²) in [5.41, 5.74) is 1.58. The van der Waals surface area contributed by atoms with Crippen LogP contribution in [0.15, 0.2) is 42.5 Å². The van der Waals surface area contributed by atoms with Crippen molar-refractivity contribution in [2.24, 2.45) is 0 Å². The number of hydrogen-bond acceptors (Lipinski definition) is 8. The SMILES string of the molecule is CC(=O)Oc1cc(C=Cc2ccc(OC(=O)CCCCC3CCSS3)cc2)cc(OC(C)=O)c1. The molecule has 0 radical (unpaired) electrons. The lowest BCUT2D eigenvalue weighted by molar-refractivity contribution is -0.135. The van der Waals surface area contributed by atoms with Gasteiger partial charge in [-0.1, -0.05) is 52.3 Å². The Labute approximate surface area is 207 Å². The van der Waals surface area contributed by atoms with Crippen LogP contribution in [0.4, 0.5) is 0 Å². The Morgan fingerprint density at radius 1 is 0.853 bits per heavy atom. The van der Waals surface area contributed by atoms with Crippen LogP contribution in [0.5, 0.6) is 17.2 Å². The number of carbonyl (C=O) groups excluding carboxylic acids is 3. The molecule has 0 N–H and O–H groups in total. The van der Waals surface area contributed by atoms with E-state index in [1.807, 2.05) is 45.9 Å². The molecule has 1 heterocycles. The zero-order valence-corrected chi connectivity index (χ0v) is 20.9. The average Bonchev–Trinajstić information content (AvgIpc) is 3.29. The van der Waals surface area contributed by atoms with Crippen LogP contribution in [0.25, 0.3) is 12.2 Å². The van der Waals surface area contributed by atoms with E-state index in [-0.39, 0.29) is 17.5 Å². The predicted molar refractivity (Wildman–Crippen MR) is 137 cm³/mol. The lowest BCUT2D eigenvalue weighted by Gasteiger charge is -2.08. The molecule has 1 fully saturated rings. The Kier molecular flexibility index (Phi) is 10.1. The van der Waals surface area contributed by atoms with E-state index in [0.29, 0.717) is 17.7 Å². The van der Waals surface area contributed by atoms with Gasteiger partial charge >= 0.3 is 17.9 Å². The van der Waals surface area contributed by atoms with Crippen LogP contribution in [-0.2, 0) is 14.4 Å². The van der Waals surface area contributed by atoms with Crippen molar-refractivity contribution in [2.45, 2.75) is 51.2 Å². The van der Waals surface area contributed by atoms with Gasteiger partial charge in [-0.15, -0.1) is 0 Å². The number of unbranched alkanes of at least 4 members (excludes halogenated alkanes) is 1. The van der Waals surface area contributed by atoms with Crippen LogP contribution in [-0.4, -0.2) is 28.9 Å². The third-order valence-electron chi connectivity index (χ3n) is 4.89. The first kappa shape index (κ1) is 25.9. The number of rotatable bonds is 10. The minimum Gasteiger partial charge on any atom is -0.427 e. The lowest BCUT2D eigenvalue weighted by Crippen LogP contribution is -2.08. The molecule has 0 aromatic heterocycles. The Balaban J connectivity index is 1.53. The summed E-state index contributed by atoms with van der Waals surface area (Å²) in [5, 5.41) is 0.735. The lowest BCUT2D eigenvalue weighted by atomic mass is 10.1. The summed E-state index contributed by atoms with van der Waals surface area (Å²) in [7, 11) is 3.91. The van der Waals surface area contributed by atoms with E-state index >= 15 is 0 Å². The Hall–Kier alpha value is -2.71. The summed E-state index contributed by atoms with van der Waals surface area (Å²) < 4.78 is 15.7. The third-order valence-corrected chi connectivity index (χ3v) is 7.90. The molecule has 1 unspecified atom stereocenters. The van der Waals surface area contributed by atoms with Crippen LogP contribution >= 0.6 is 21.6 Å². The minimum absolute atomic E-state index is 0.211. The fourth-order valence-corrected chi connectivity index (χ4v) is 6.40. The molecule has 8 heteroatoms. The van der Waals surface area contributed by atoms with E-state index in [0.717, 1.165) is 30.1 Å². The molecule has 0 aliphatic carbocycles. The van der Waals surface area contributed by atoms with Crippen molar-refractivity contribution in [3.05, 3.63) is 53.6 Å². The monoisotopic (exact) mass is 500 g/mol. The fraction of sp³-hybridized carbons (Fsp3) is 0.346. The minimum atomic E-state index is -0.466. The number of carbonyl (C=O) groups is 3. The normalized spacial score (nSPS) is 15.3. The number of ether oxygens (including phenoxy) is 3. The molecule has 3 rings (SSSR count). The second kappa shape index (κ2) is 13.2. The van der Waals surface area contributed by atoms with Gasteiger partial charge in [-0.05, 0) is 54.7 Å². The van der Waals surface area contributed by atoms with Gasteiger partial charge in [0.25, 0.3) is 0 Å². The Morgan fingerprint density at radius 3 is 2.09 bits per heavy atom. The van der Waals surface area contributed by atoms with Gasteiger partial charge in [0.15, 0.2) is 0 Å². The predicted octanol–water partition coefficient (Wildman–Crippen LogP) is 6.33. The summed E-state index contributed by atoms with van der Waals surface area (Å²) >= 11 is 0. The highest BCUT2D eigenvalue weighted by Crippen LogP contribution is 2.39. The Morgan fingerprint density at radius 2 is 1.50 bits per heavy atom. The van der Waals surface area contributed by atoms with E-state index in [9.17, 15) is 14.4 Å². The van der Waals surface area contributed by atoms with Crippen LogP contribution in [0, 0.1) is 0 Å². The molecule has 34 heavy (non-hydrogen) atoms. The quantitative estimate of drug-likeness (QED) is 0.123. The highest BCUT2D eigenvalue weighted by Gasteiger charge is 2.16. The van der Waals surface area contributed by atoms with Crippen molar-refractivity contribution >= 4 is 51.6 Å². The molecule has 0 saturated carbocycles. The first-order valence-corrected chi connectivity index (χ1v) is 13.5. The molecular weight excluding hydrogens is 472 g/mol. The van der Waals surface area contributed by atoms with Gasteiger partial charge in [0, 0.05) is 37.3 Å². The van der Waals surface area contributed by atoms with E-state index in [1.165, 1.54) is 32.1 Å². The molecule has 0 spiro atoms. The van der Waals surface area contributed by atoms with Crippen LogP contribution in [0.1, 0.15) is 57.1 Å². The molecule has 1 atom stereocenters. The molecule has 0 amide bonds. The van der Waals surface area contributed by atoms with Crippen molar-refractivity contribution in [3.8, 4) is 17.2 Å². The average molecular weight is 501 g/mol. The maximum Gasteiger partial charge on any atom is 0.311 e.